The van der Waals surface area contributed by atoms with E-state index in [1.807, 2.05) is 19.1 Å². The number of allylic oxidation sites excluding steroid dienone is 1. The lowest BCUT2D eigenvalue weighted by atomic mass is 9.95. The van der Waals surface area contributed by atoms with Gasteiger partial charge in [-0.2, -0.15) is 0 Å². The first kappa shape index (κ1) is 32.2. The second-order valence-corrected chi connectivity index (χ2v) is 12.9. The van der Waals surface area contributed by atoms with E-state index in [0.29, 0.717) is 70.3 Å². The molecule has 0 fully saturated rings. The quantitative estimate of drug-likeness (QED) is 0.179. The van der Waals surface area contributed by atoms with Crippen LogP contribution in [0, 0.1) is 0 Å². The second kappa shape index (κ2) is 13.5. The summed E-state index contributed by atoms with van der Waals surface area (Å²) < 4.78 is 31.1. The van der Waals surface area contributed by atoms with Crippen molar-refractivity contribution in [3.63, 3.8) is 0 Å². The average molecular weight is 746 g/mol. The van der Waals surface area contributed by atoms with Crippen molar-refractivity contribution in [3.8, 4) is 23.0 Å². The molecule has 0 N–H and O–H groups in total. The van der Waals surface area contributed by atoms with Gasteiger partial charge in [0.1, 0.15) is 6.61 Å². The molecule has 1 aromatic heterocycles. The molecule has 4 aromatic rings. The van der Waals surface area contributed by atoms with E-state index in [4.69, 9.17) is 46.9 Å². The zero-order chi connectivity index (χ0) is 32.5. The highest BCUT2D eigenvalue weighted by atomic mass is 79.9. The van der Waals surface area contributed by atoms with Gasteiger partial charge in [-0.25, -0.2) is 9.79 Å². The summed E-state index contributed by atoms with van der Waals surface area (Å²) in [6.45, 7) is 6.20. The van der Waals surface area contributed by atoms with Crippen LogP contribution in [0.2, 0.25) is 10.0 Å². The van der Waals surface area contributed by atoms with Crippen molar-refractivity contribution in [1.82, 2.24) is 4.57 Å². The number of rotatable bonds is 9. The Morgan fingerprint density at radius 2 is 1.89 bits per heavy atom. The van der Waals surface area contributed by atoms with Gasteiger partial charge in [-0.15, -0.1) is 0 Å². The largest absolute Gasteiger partial charge is 0.490 e. The molecule has 13 heteroatoms. The van der Waals surface area contributed by atoms with Crippen molar-refractivity contribution in [2.24, 2.45) is 4.99 Å². The van der Waals surface area contributed by atoms with Crippen LogP contribution >= 0.6 is 50.5 Å². The Balaban J connectivity index is 1.42. The average Bonchev–Trinajstić information content (AvgIpc) is 3.60. The number of carbonyl (C=O) groups excluding carboxylic acids is 1. The third-order valence-corrected chi connectivity index (χ3v) is 9.40. The van der Waals surface area contributed by atoms with E-state index in [-0.39, 0.29) is 31.1 Å². The van der Waals surface area contributed by atoms with Gasteiger partial charge in [-0.3, -0.25) is 9.36 Å². The van der Waals surface area contributed by atoms with Gasteiger partial charge in [-0.1, -0.05) is 46.7 Å². The Morgan fingerprint density at radius 1 is 1.09 bits per heavy atom. The molecule has 0 saturated heterocycles. The maximum Gasteiger partial charge on any atom is 0.338 e. The monoisotopic (exact) mass is 744 g/mol. The van der Waals surface area contributed by atoms with Gasteiger partial charge in [0, 0.05) is 15.6 Å². The standard InChI is InChI=1S/C33H27BrCl2N2O7S/c1-4-41-26-11-18(10-22(34)30(26)43-15-20-6-8-21(35)14-23(20)36)12-27-31(39)38-29(19-7-9-24-25(13-19)45-16-44-24)28(32(40)42-5-2)17(3)37-33(38)46-27/h6-14,29H,4-5,15-16H2,1-3H3/b27-12-/t29-/m1/s1. The van der Waals surface area contributed by atoms with Crippen molar-refractivity contribution in [3.05, 3.63) is 111 Å². The van der Waals surface area contributed by atoms with Crippen LogP contribution in [-0.4, -0.2) is 30.5 Å². The Bertz CT molecular complexity index is 2070. The topological polar surface area (TPSA) is 97.6 Å². The molecule has 0 aliphatic carbocycles. The van der Waals surface area contributed by atoms with Crippen LogP contribution in [0.4, 0.5) is 0 Å². The Morgan fingerprint density at radius 3 is 2.65 bits per heavy atom. The Kier molecular flexibility index (Phi) is 9.47. The van der Waals surface area contributed by atoms with Crippen LogP contribution in [0.5, 0.6) is 23.0 Å². The molecule has 238 valence electrons. The summed E-state index contributed by atoms with van der Waals surface area (Å²) in [5, 5.41) is 1.03. The van der Waals surface area contributed by atoms with Crippen LogP contribution in [0.3, 0.4) is 0 Å². The number of ether oxygens (including phenoxy) is 5. The SMILES string of the molecule is CCOC(=O)C1=C(C)N=c2s/c(=C\c3cc(Br)c(OCc4ccc(Cl)cc4Cl)c(OCC)c3)c(=O)n2[C@@H]1c1ccc2c(c1)OCO2. The molecule has 0 radical (unpaired) electrons. The van der Waals surface area contributed by atoms with Crippen LogP contribution in [0.15, 0.2) is 74.1 Å². The first-order valence-electron chi connectivity index (χ1n) is 14.3. The van der Waals surface area contributed by atoms with Gasteiger partial charge < -0.3 is 23.7 Å². The van der Waals surface area contributed by atoms with E-state index < -0.39 is 12.0 Å². The smallest absolute Gasteiger partial charge is 0.338 e. The number of carbonyl (C=O) groups is 1. The minimum absolute atomic E-state index is 0.0964. The Labute approximate surface area is 286 Å². The van der Waals surface area contributed by atoms with Gasteiger partial charge in [0.15, 0.2) is 27.8 Å². The number of nitrogens with zero attached hydrogens (tertiary/aromatic N) is 2. The lowest BCUT2D eigenvalue weighted by molar-refractivity contribution is -0.139. The summed E-state index contributed by atoms with van der Waals surface area (Å²) in [4.78, 5) is 32.4. The molecule has 3 heterocycles. The summed E-state index contributed by atoms with van der Waals surface area (Å²) >= 11 is 17.2. The third kappa shape index (κ3) is 6.29. The van der Waals surface area contributed by atoms with E-state index in [1.165, 1.54) is 15.9 Å². The molecule has 0 amide bonds. The zero-order valence-corrected chi connectivity index (χ0v) is 28.8. The number of hydrogen-bond donors (Lipinski definition) is 0. The highest BCUT2D eigenvalue weighted by Gasteiger charge is 2.34. The second-order valence-electron chi connectivity index (χ2n) is 10.2. The predicted octanol–water partition coefficient (Wildman–Crippen LogP) is 6.57. The van der Waals surface area contributed by atoms with Crippen molar-refractivity contribution in [2.45, 2.75) is 33.4 Å². The predicted molar refractivity (Wildman–Crippen MR) is 179 cm³/mol. The first-order valence-corrected chi connectivity index (χ1v) is 16.7. The summed E-state index contributed by atoms with van der Waals surface area (Å²) in [5.74, 6) is 1.56. The summed E-state index contributed by atoms with van der Waals surface area (Å²) in [6.07, 6.45) is 1.76. The molecule has 2 aliphatic rings. The lowest BCUT2D eigenvalue weighted by Crippen LogP contribution is -2.39. The first-order chi connectivity index (χ1) is 22.2. The maximum atomic E-state index is 14.1. The highest BCUT2D eigenvalue weighted by Crippen LogP contribution is 2.39. The number of aromatic nitrogens is 1. The molecule has 3 aromatic carbocycles. The van der Waals surface area contributed by atoms with Crippen LogP contribution < -0.4 is 33.8 Å². The maximum absolute atomic E-state index is 14.1. The lowest BCUT2D eigenvalue weighted by Gasteiger charge is -2.24. The zero-order valence-electron chi connectivity index (χ0n) is 24.9. The van der Waals surface area contributed by atoms with E-state index in [1.54, 1.807) is 56.3 Å². The van der Waals surface area contributed by atoms with Crippen molar-refractivity contribution < 1.29 is 28.5 Å². The van der Waals surface area contributed by atoms with Crippen molar-refractivity contribution in [1.29, 1.82) is 0 Å². The molecule has 0 bridgehead atoms. The van der Waals surface area contributed by atoms with Crippen molar-refractivity contribution in [2.75, 3.05) is 20.0 Å². The minimum atomic E-state index is -0.784. The number of halogens is 3. The highest BCUT2D eigenvalue weighted by molar-refractivity contribution is 9.10. The molecule has 6 rings (SSSR count). The van der Waals surface area contributed by atoms with Gasteiger partial charge in [-0.05, 0) is 90.3 Å². The normalized spacial score (nSPS) is 15.4. The summed E-state index contributed by atoms with van der Waals surface area (Å²) in [5.41, 5.74) is 2.56. The molecule has 1 atom stereocenters. The molecular weight excluding hydrogens is 719 g/mol. The van der Waals surface area contributed by atoms with E-state index in [0.717, 1.165) is 5.56 Å². The van der Waals surface area contributed by atoms with E-state index in [9.17, 15) is 9.59 Å². The summed E-state index contributed by atoms with van der Waals surface area (Å²) in [7, 11) is 0. The van der Waals surface area contributed by atoms with Gasteiger partial charge in [0.2, 0.25) is 6.79 Å². The number of thiazole rings is 1. The van der Waals surface area contributed by atoms with Crippen molar-refractivity contribution >= 4 is 62.5 Å². The van der Waals surface area contributed by atoms with Crippen LogP contribution in [0.25, 0.3) is 6.08 Å². The van der Waals surface area contributed by atoms with Gasteiger partial charge >= 0.3 is 5.97 Å². The van der Waals surface area contributed by atoms with Crippen LogP contribution in [0.1, 0.15) is 43.5 Å². The fraction of sp³-hybridized carbons (Fsp3) is 0.242. The molecule has 46 heavy (non-hydrogen) atoms. The van der Waals surface area contributed by atoms with Gasteiger partial charge in [0.05, 0.1) is 39.5 Å². The molecule has 0 spiro atoms. The van der Waals surface area contributed by atoms with E-state index >= 15 is 0 Å². The summed E-state index contributed by atoms with van der Waals surface area (Å²) in [6, 6.07) is 13.4. The van der Waals surface area contributed by atoms with E-state index in [2.05, 4.69) is 20.9 Å². The molecular formula is C33H27BrCl2N2O7S. The molecule has 2 aliphatic heterocycles. The molecule has 0 saturated carbocycles. The molecule has 9 nitrogen and oxygen atoms in total. The van der Waals surface area contributed by atoms with Crippen LogP contribution in [-0.2, 0) is 16.1 Å². The Hall–Kier alpha value is -3.77. The fourth-order valence-corrected chi connectivity index (χ4v) is 7.29. The fourth-order valence-electron chi connectivity index (χ4n) is 5.20. The van der Waals surface area contributed by atoms with Gasteiger partial charge in [0.25, 0.3) is 5.56 Å². The third-order valence-electron chi connectivity index (χ3n) is 7.25. The number of esters is 1. The number of benzene rings is 3. The number of fused-ring (bicyclic) bond motifs is 2. The molecule has 0 unspecified atom stereocenters. The number of hydrogen-bond acceptors (Lipinski definition) is 9. The minimum Gasteiger partial charge on any atom is -0.490 e.